The molecule has 0 radical (unpaired) electrons. The smallest absolute Gasteiger partial charge is 0.337 e. The molecule has 0 aromatic heterocycles. The van der Waals surface area contributed by atoms with E-state index < -0.39 is 5.97 Å². The summed E-state index contributed by atoms with van der Waals surface area (Å²) in [6, 6.07) is 18.0. The summed E-state index contributed by atoms with van der Waals surface area (Å²) in [5, 5.41) is 8.93. The molecule has 2 amide bonds. The van der Waals surface area contributed by atoms with Crippen LogP contribution in [0.4, 0.5) is 5.69 Å². The fourth-order valence-electron chi connectivity index (χ4n) is 3.37. The first kappa shape index (κ1) is 25.1. The Morgan fingerprint density at radius 3 is 2.53 bits per heavy atom. The van der Waals surface area contributed by atoms with Crippen LogP contribution in [0.3, 0.4) is 0 Å². The fourth-order valence-corrected chi connectivity index (χ4v) is 4.68. The van der Waals surface area contributed by atoms with Crippen LogP contribution in [0.15, 0.2) is 59.5 Å². The number of anilines is 1. The van der Waals surface area contributed by atoms with Gasteiger partial charge in [0.05, 0.1) is 30.1 Å². The average Bonchev–Trinajstić information content (AvgIpc) is 3.12. The molecule has 1 aliphatic heterocycles. The minimum atomic E-state index is -0.425. The summed E-state index contributed by atoms with van der Waals surface area (Å²) >= 11 is 6.59. The van der Waals surface area contributed by atoms with E-state index >= 15 is 0 Å². The van der Waals surface area contributed by atoms with Crippen molar-refractivity contribution in [3.63, 3.8) is 0 Å². The number of ether oxygens (including phenoxy) is 1. The van der Waals surface area contributed by atoms with Crippen LogP contribution in [0.25, 0.3) is 6.08 Å². The standard InChI is InChI=1S/C25H23N3O4S2/c1-32-24(31)19-12-10-18(11-13-19)17-21-23(30)28(25(33)34-21)15-5-9-22(29)27(16-6-14-26)20-7-3-2-4-8-20/h2-4,7-8,10-13,17H,5-6,9,15-16H2,1H3. The number of thiocarbonyl (C=S) groups is 1. The van der Waals surface area contributed by atoms with Gasteiger partial charge >= 0.3 is 5.97 Å². The van der Waals surface area contributed by atoms with Gasteiger partial charge in [-0.3, -0.25) is 14.5 Å². The summed E-state index contributed by atoms with van der Waals surface area (Å²) < 4.78 is 5.13. The number of rotatable bonds is 9. The van der Waals surface area contributed by atoms with Crippen LogP contribution in [0, 0.1) is 11.3 Å². The first-order valence-electron chi connectivity index (χ1n) is 10.6. The lowest BCUT2D eigenvalue weighted by atomic mass is 10.1. The maximum atomic E-state index is 12.9. The SMILES string of the molecule is COC(=O)c1ccc(C=C2SC(=S)N(CCCC(=O)N(CCC#N)c3ccccc3)C2=O)cc1. The van der Waals surface area contributed by atoms with Crippen molar-refractivity contribution in [1.82, 2.24) is 4.90 Å². The number of carbonyl (C=O) groups is 3. The zero-order valence-electron chi connectivity index (χ0n) is 18.6. The van der Waals surface area contributed by atoms with Crippen molar-refractivity contribution in [2.75, 3.05) is 25.1 Å². The molecule has 7 nitrogen and oxygen atoms in total. The first-order chi connectivity index (χ1) is 16.4. The summed E-state index contributed by atoms with van der Waals surface area (Å²) in [5.74, 6) is -0.733. The number of amides is 2. The van der Waals surface area contributed by atoms with Gasteiger partial charge in [-0.15, -0.1) is 0 Å². The van der Waals surface area contributed by atoms with Gasteiger partial charge < -0.3 is 9.64 Å². The molecule has 0 bridgehead atoms. The molecule has 1 aliphatic rings. The number of nitrogens with zero attached hydrogens (tertiary/aromatic N) is 3. The van der Waals surface area contributed by atoms with Gasteiger partial charge in [0, 0.05) is 25.2 Å². The lowest BCUT2D eigenvalue weighted by Gasteiger charge is -2.22. The topological polar surface area (TPSA) is 90.7 Å². The lowest BCUT2D eigenvalue weighted by molar-refractivity contribution is -0.123. The summed E-state index contributed by atoms with van der Waals surface area (Å²) in [7, 11) is 1.32. The van der Waals surface area contributed by atoms with Crippen LogP contribution in [0.2, 0.25) is 0 Å². The summed E-state index contributed by atoms with van der Waals surface area (Å²) in [6.45, 7) is 0.647. The summed E-state index contributed by atoms with van der Waals surface area (Å²) in [5.41, 5.74) is 1.94. The Labute approximate surface area is 208 Å². The molecule has 2 aromatic rings. The number of methoxy groups -OCH3 is 1. The summed E-state index contributed by atoms with van der Waals surface area (Å²) in [4.78, 5) is 40.8. The summed E-state index contributed by atoms with van der Waals surface area (Å²) in [6.07, 6.45) is 2.64. The highest BCUT2D eigenvalue weighted by molar-refractivity contribution is 8.26. The van der Waals surface area contributed by atoms with Crippen molar-refractivity contribution in [3.05, 3.63) is 70.6 Å². The second-order valence-electron chi connectivity index (χ2n) is 7.34. The van der Waals surface area contributed by atoms with Gasteiger partial charge in [-0.25, -0.2) is 4.79 Å². The Morgan fingerprint density at radius 2 is 1.88 bits per heavy atom. The Balaban J connectivity index is 1.60. The minimum Gasteiger partial charge on any atom is -0.465 e. The molecule has 3 rings (SSSR count). The van der Waals surface area contributed by atoms with Gasteiger partial charge in [0.2, 0.25) is 5.91 Å². The number of thioether (sulfide) groups is 1. The number of para-hydroxylation sites is 1. The third-order valence-corrected chi connectivity index (χ3v) is 6.47. The third kappa shape index (κ3) is 6.31. The monoisotopic (exact) mass is 493 g/mol. The van der Waals surface area contributed by atoms with Gasteiger partial charge in [-0.1, -0.05) is 54.3 Å². The fraction of sp³-hybridized carbons (Fsp3) is 0.240. The largest absolute Gasteiger partial charge is 0.465 e. The molecule has 0 unspecified atom stereocenters. The molecular formula is C25H23N3O4S2. The number of nitriles is 1. The maximum absolute atomic E-state index is 12.9. The Bertz CT molecular complexity index is 1140. The Kier molecular flexibility index (Phi) is 8.96. The van der Waals surface area contributed by atoms with Crippen LogP contribution < -0.4 is 4.90 Å². The Hall–Kier alpha value is -3.48. The van der Waals surface area contributed by atoms with Crippen molar-refractivity contribution >= 4 is 57.8 Å². The highest BCUT2D eigenvalue weighted by Crippen LogP contribution is 2.32. The van der Waals surface area contributed by atoms with Crippen LogP contribution >= 0.6 is 24.0 Å². The molecule has 0 aliphatic carbocycles. The van der Waals surface area contributed by atoms with E-state index in [4.69, 9.17) is 22.2 Å². The molecule has 1 saturated heterocycles. The maximum Gasteiger partial charge on any atom is 0.337 e. The molecule has 0 N–H and O–H groups in total. The number of esters is 1. The molecule has 0 atom stereocenters. The lowest BCUT2D eigenvalue weighted by Crippen LogP contribution is -2.33. The van der Waals surface area contributed by atoms with Gasteiger partial charge in [0.15, 0.2) is 0 Å². The number of benzene rings is 2. The highest BCUT2D eigenvalue weighted by Gasteiger charge is 2.31. The molecule has 0 saturated carbocycles. The van der Waals surface area contributed by atoms with Crippen molar-refractivity contribution in [2.45, 2.75) is 19.3 Å². The zero-order chi connectivity index (χ0) is 24.5. The van der Waals surface area contributed by atoms with E-state index in [1.807, 2.05) is 30.3 Å². The van der Waals surface area contributed by atoms with Gasteiger partial charge in [0.1, 0.15) is 4.32 Å². The minimum absolute atomic E-state index is 0.104. The Morgan fingerprint density at radius 1 is 1.18 bits per heavy atom. The normalized spacial score (nSPS) is 14.2. The highest BCUT2D eigenvalue weighted by atomic mass is 32.2. The van der Waals surface area contributed by atoms with E-state index in [0.29, 0.717) is 34.3 Å². The number of hydrogen-bond donors (Lipinski definition) is 0. The zero-order valence-corrected chi connectivity index (χ0v) is 20.2. The first-order valence-corrected chi connectivity index (χ1v) is 11.8. The second kappa shape index (κ2) is 12.1. The second-order valence-corrected chi connectivity index (χ2v) is 9.02. The van der Waals surface area contributed by atoms with Crippen LogP contribution in [0.1, 0.15) is 35.2 Å². The van der Waals surface area contributed by atoms with Crippen molar-refractivity contribution < 1.29 is 19.1 Å². The van der Waals surface area contributed by atoms with E-state index in [2.05, 4.69) is 6.07 Å². The third-order valence-electron chi connectivity index (χ3n) is 5.09. The van der Waals surface area contributed by atoms with Crippen LogP contribution in [-0.2, 0) is 14.3 Å². The average molecular weight is 494 g/mol. The molecule has 174 valence electrons. The number of hydrogen-bond acceptors (Lipinski definition) is 7. The van der Waals surface area contributed by atoms with E-state index in [-0.39, 0.29) is 24.7 Å². The predicted molar refractivity (Wildman–Crippen MR) is 136 cm³/mol. The van der Waals surface area contributed by atoms with Gasteiger partial charge in [-0.2, -0.15) is 5.26 Å². The molecule has 2 aromatic carbocycles. The van der Waals surface area contributed by atoms with Crippen molar-refractivity contribution in [2.24, 2.45) is 0 Å². The number of carbonyl (C=O) groups excluding carboxylic acids is 3. The van der Waals surface area contributed by atoms with Gasteiger partial charge in [0.25, 0.3) is 5.91 Å². The van der Waals surface area contributed by atoms with E-state index in [1.165, 1.54) is 23.8 Å². The van der Waals surface area contributed by atoms with E-state index in [9.17, 15) is 14.4 Å². The van der Waals surface area contributed by atoms with E-state index in [1.54, 1.807) is 35.2 Å². The van der Waals surface area contributed by atoms with Gasteiger partial charge in [-0.05, 0) is 42.3 Å². The van der Waals surface area contributed by atoms with Crippen LogP contribution in [-0.4, -0.2) is 47.2 Å². The predicted octanol–water partition coefficient (Wildman–Crippen LogP) is 4.40. The van der Waals surface area contributed by atoms with E-state index in [0.717, 1.165) is 11.3 Å². The molecule has 9 heteroatoms. The molecule has 0 spiro atoms. The van der Waals surface area contributed by atoms with Crippen LogP contribution in [0.5, 0.6) is 0 Å². The van der Waals surface area contributed by atoms with Crippen molar-refractivity contribution in [3.8, 4) is 6.07 Å². The molecular weight excluding hydrogens is 470 g/mol. The quantitative estimate of drug-likeness (QED) is 0.290. The molecule has 1 fully saturated rings. The van der Waals surface area contributed by atoms with Crippen molar-refractivity contribution in [1.29, 1.82) is 5.26 Å². The molecule has 34 heavy (non-hydrogen) atoms. The molecule has 1 heterocycles.